The predicted octanol–water partition coefficient (Wildman–Crippen LogP) is 2.08. The summed E-state index contributed by atoms with van der Waals surface area (Å²) >= 11 is 1.28. The highest BCUT2D eigenvalue weighted by molar-refractivity contribution is 7.99. The molecule has 1 aromatic carbocycles. The molecule has 1 amide bonds. The molecule has 0 saturated carbocycles. The first-order valence-corrected chi connectivity index (χ1v) is 7.05. The molecule has 0 radical (unpaired) electrons. The summed E-state index contributed by atoms with van der Waals surface area (Å²) in [6.45, 7) is 2.35. The third-order valence-electron chi connectivity index (χ3n) is 2.51. The Labute approximate surface area is 125 Å². The monoisotopic (exact) mass is 303 g/mol. The quantitative estimate of drug-likeness (QED) is 0.878. The number of aromatic carboxylic acids is 1. The highest BCUT2D eigenvalue weighted by Gasteiger charge is 2.08. The van der Waals surface area contributed by atoms with Gasteiger partial charge in [0.1, 0.15) is 5.03 Å². The summed E-state index contributed by atoms with van der Waals surface area (Å²) in [6, 6.07) is 9.80. The number of carbonyl (C=O) groups excluding carboxylic acids is 1. The molecule has 0 bridgehead atoms. The third kappa shape index (κ3) is 4.03. The minimum Gasteiger partial charge on any atom is -0.478 e. The van der Waals surface area contributed by atoms with Crippen molar-refractivity contribution in [2.45, 2.75) is 16.8 Å². The Kier molecular flexibility index (Phi) is 4.89. The molecule has 108 valence electrons. The zero-order valence-corrected chi connectivity index (χ0v) is 12.1. The van der Waals surface area contributed by atoms with Crippen LogP contribution in [0, 0.1) is 0 Å². The number of aromatic nitrogens is 2. The molecule has 0 fully saturated rings. The van der Waals surface area contributed by atoms with E-state index < -0.39 is 5.97 Å². The zero-order valence-electron chi connectivity index (χ0n) is 11.2. The van der Waals surface area contributed by atoms with Crippen molar-refractivity contribution in [1.82, 2.24) is 15.5 Å². The molecule has 1 heterocycles. The predicted molar refractivity (Wildman–Crippen MR) is 77.6 cm³/mol. The number of carbonyl (C=O) groups is 2. The molecule has 0 spiro atoms. The van der Waals surface area contributed by atoms with E-state index in [0.29, 0.717) is 11.6 Å². The molecule has 2 aromatic rings. The second kappa shape index (κ2) is 6.85. The summed E-state index contributed by atoms with van der Waals surface area (Å²) < 4.78 is 0. The number of carboxylic acid groups (broad SMARTS) is 1. The Morgan fingerprint density at radius 2 is 2.05 bits per heavy atom. The van der Waals surface area contributed by atoms with Crippen LogP contribution in [0.3, 0.4) is 0 Å². The van der Waals surface area contributed by atoms with E-state index in [0.717, 1.165) is 4.90 Å². The average molecular weight is 303 g/mol. The maximum Gasteiger partial charge on any atom is 0.335 e. The van der Waals surface area contributed by atoms with E-state index in [1.54, 1.807) is 30.3 Å². The normalized spacial score (nSPS) is 10.1. The van der Waals surface area contributed by atoms with Gasteiger partial charge in [0, 0.05) is 11.4 Å². The fourth-order valence-electron chi connectivity index (χ4n) is 1.56. The fourth-order valence-corrected chi connectivity index (χ4v) is 2.35. The van der Waals surface area contributed by atoms with E-state index in [-0.39, 0.29) is 17.2 Å². The lowest BCUT2D eigenvalue weighted by Gasteiger charge is -2.03. The standard InChI is InChI=1S/C14H13N3O3S/c1-2-15-13(18)11-6-7-12(17-16-11)21-10-5-3-4-9(8-10)14(19)20/h3-8H,2H2,1H3,(H,15,18)(H,19,20). The number of rotatable bonds is 5. The maximum atomic E-state index is 11.5. The molecular weight excluding hydrogens is 290 g/mol. The van der Waals surface area contributed by atoms with E-state index >= 15 is 0 Å². The highest BCUT2D eigenvalue weighted by atomic mass is 32.2. The van der Waals surface area contributed by atoms with Crippen LogP contribution in [0.5, 0.6) is 0 Å². The van der Waals surface area contributed by atoms with Gasteiger partial charge in [-0.3, -0.25) is 4.79 Å². The molecule has 2 N–H and O–H groups in total. The average Bonchev–Trinajstić information content (AvgIpc) is 2.48. The lowest BCUT2D eigenvalue weighted by molar-refractivity contribution is 0.0696. The second-order valence-corrected chi connectivity index (χ2v) is 5.15. The minimum absolute atomic E-state index is 0.215. The molecule has 21 heavy (non-hydrogen) atoms. The molecule has 0 aliphatic rings. The van der Waals surface area contributed by atoms with Crippen LogP contribution in [0.4, 0.5) is 0 Å². The number of hydrogen-bond donors (Lipinski definition) is 2. The van der Waals surface area contributed by atoms with Gasteiger partial charge < -0.3 is 10.4 Å². The van der Waals surface area contributed by atoms with Crippen molar-refractivity contribution in [3.63, 3.8) is 0 Å². The summed E-state index contributed by atoms with van der Waals surface area (Å²) in [5, 5.41) is 20.0. The topological polar surface area (TPSA) is 92.2 Å². The number of amides is 1. The van der Waals surface area contributed by atoms with Gasteiger partial charge in [-0.1, -0.05) is 17.8 Å². The van der Waals surface area contributed by atoms with E-state index in [9.17, 15) is 9.59 Å². The van der Waals surface area contributed by atoms with Gasteiger partial charge in [-0.05, 0) is 37.3 Å². The van der Waals surface area contributed by atoms with Crippen LogP contribution in [-0.2, 0) is 0 Å². The Balaban J connectivity index is 2.11. The number of nitrogens with one attached hydrogen (secondary N) is 1. The van der Waals surface area contributed by atoms with Gasteiger partial charge in [0.15, 0.2) is 5.69 Å². The second-order valence-electron chi connectivity index (χ2n) is 4.05. The molecule has 7 heteroatoms. The van der Waals surface area contributed by atoms with Gasteiger partial charge in [0.2, 0.25) is 0 Å². The first kappa shape index (κ1) is 15.0. The Hall–Kier alpha value is -2.41. The Morgan fingerprint density at radius 1 is 1.24 bits per heavy atom. The van der Waals surface area contributed by atoms with Crippen molar-refractivity contribution < 1.29 is 14.7 Å². The van der Waals surface area contributed by atoms with Crippen LogP contribution >= 0.6 is 11.8 Å². The fraction of sp³-hybridized carbons (Fsp3) is 0.143. The van der Waals surface area contributed by atoms with Crippen LogP contribution < -0.4 is 5.32 Å². The van der Waals surface area contributed by atoms with E-state index in [4.69, 9.17) is 5.11 Å². The van der Waals surface area contributed by atoms with E-state index in [1.807, 2.05) is 6.92 Å². The Bertz CT molecular complexity index is 659. The molecule has 0 aliphatic heterocycles. The Morgan fingerprint density at radius 3 is 2.67 bits per heavy atom. The van der Waals surface area contributed by atoms with Gasteiger partial charge in [0.05, 0.1) is 5.56 Å². The molecule has 0 aliphatic carbocycles. The molecule has 1 aromatic heterocycles. The van der Waals surface area contributed by atoms with Crippen molar-refractivity contribution in [1.29, 1.82) is 0 Å². The van der Waals surface area contributed by atoms with Gasteiger partial charge in [-0.2, -0.15) is 0 Å². The zero-order chi connectivity index (χ0) is 15.2. The van der Waals surface area contributed by atoms with Crippen LogP contribution in [0.15, 0.2) is 46.3 Å². The summed E-state index contributed by atoms with van der Waals surface area (Å²) in [5.41, 5.74) is 0.465. The van der Waals surface area contributed by atoms with Crippen molar-refractivity contribution in [2.75, 3.05) is 6.54 Å². The number of hydrogen-bond acceptors (Lipinski definition) is 5. The highest BCUT2D eigenvalue weighted by Crippen LogP contribution is 2.26. The first-order chi connectivity index (χ1) is 10.1. The molecule has 0 atom stereocenters. The van der Waals surface area contributed by atoms with Gasteiger partial charge in [0.25, 0.3) is 5.91 Å². The summed E-state index contributed by atoms with van der Waals surface area (Å²) in [5.74, 6) is -1.25. The SMILES string of the molecule is CCNC(=O)c1ccc(Sc2cccc(C(=O)O)c2)nn1. The lowest BCUT2D eigenvalue weighted by Crippen LogP contribution is -2.23. The van der Waals surface area contributed by atoms with Gasteiger partial charge in [-0.15, -0.1) is 10.2 Å². The molecule has 0 saturated heterocycles. The van der Waals surface area contributed by atoms with Gasteiger partial charge >= 0.3 is 5.97 Å². The molecular formula is C14H13N3O3S. The van der Waals surface area contributed by atoms with Crippen LogP contribution in [-0.4, -0.2) is 33.7 Å². The first-order valence-electron chi connectivity index (χ1n) is 6.23. The number of benzene rings is 1. The smallest absolute Gasteiger partial charge is 0.335 e. The van der Waals surface area contributed by atoms with Crippen LogP contribution in [0.1, 0.15) is 27.8 Å². The lowest BCUT2D eigenvalue weighted by atomic mass is 10.2. The van der Waals surface area contributed by atoms with Crippen molar-refractivity contribution in [3.8, 4) is 0 Å². The number of nitrogens with zero attached hydrogens (tertiary/aromatic N) is 2. The van der Waals surface area contributed by atoms with Crippen molar-refractivity contribution >= 4 is 23.6 Å². The van der Waals surface area contributed by atoms with Crippen molar-refractivity contribution in [2.24, 2.45) is 0 Å². The van der Waals surface area contributed by atoms with Crippen LogP contribution in [0.25, 0.3) is 0 Å². The number of carboxylic acids is 1. The molecule has 6 nitrogen and oxygen atoms in total. The summed E-state index contributed by atoms with van der Waals surface area (Å²) in [7, 11) is 0. The largest absolute Gasteiger partial charge is 0.478 e. The third-order valence-corrected chi connectivity index (χ3v) is 3.43. The van der Waals surface area contributed by atoms with Crippen molar-refractivity contribution in [3.05, 3.63) is 47.7 Å². The molecule has 0 unspecified atom stereocenters. The van der Waals surface area contributed by atoms with E-state index in [1.165, 1.54) is 17.8 Å². The summed E-state index contributed by atoms with van der Waals surface area (Å²) in [6.07, 6.45) is 0. The maximum absolute atomic E-state index is 11.5. The van der Waals surface area contributed by atoms with Crippen LogP contribution in [0.2, 0.25) is 0 Å². The molecule has 2 rings (SSSR count). The van der Waals surface area contributed by atoms with E-state index in [2.05, 4.69) is 15.5 Å². The minimum atomic E-state index is -0.977. The van der Waals surface area contributed by atoms with Gasteiger partial charge in [-0.25, -0.2) is 4.79 Å². The summed E-state index contributed by atoms with van der Waals surface area (Å²) in [4.78, 5) is 23.2.